The van der Waals surface area contributed by atoms with Gasteiger partial charge in [0.15, 0.2) is 0 Å². The van der Waals surface area contributed by atoms with E-state index in [4.69, 9.17) is 0 Å². The van der Waals surface area contributed by atoms with Crippen molar-refractivity contribution in [2.75, 3.05) is 4.90 Å². The first kappa shape index (κ1) is 17.8. The van der Waals surface area contributed by atoms with Crippen molar-refractivity contribution >= 4 is 40.2 Å². The number of nitrogens with zero attached hydrogens (tertiary/aromatic N) is 3. The van der Waals surface area contributed by atoms with Gasteiger partial charge in [0.25, 0.3) is 0 Å². The molecule has 4 aromatic carbocycles. The summed E-state index contributed by atoms with van der Waals surface area (Å²) < 4.78 is 0. The summed E-state index contributed by atoms with van der Waals surface area (Å²) in [7, 11) is 0. The first-order chi connectivity index (χ1) is 14.8. The maximum Gasteiger partial charge on any atom is 0.246 e. The summed E-state index contributed by atoms with van der Waals surface area (Å²) in [6, 6.07) is 36.9. The lowest BCUT2D eigenvalue weighted by molar-refractivity contribution is 1.27. The van der Waals surface area contributed by atoms with Crippen molar-refractivity contribution in [1.29, 1.82) is 10.5 Å². The molecular weight excluding hydrogens is 365 g/mol. The fraction of sp³-hybridized carbons (Fsp3) is 0. The van der Waals surface area contributed by atoms with E-state index in [1.165, 1.54) is 16.4 Å². The van der Waals surface area contributed by atoms with Crippen LogP contribution in [0.1, 0.15) is 11.1 Å². The Morgan fingerprint density at radius 2 is 1.13 bits per heavy atom. The van der Waals surface area contributed by atoms with E-state index in [9.17, 15) is 10.5 Å². The summed E-state index contributed by atoms with van der Waals surface area (Å²) in [6.45, 7) is 0.0968. The summed E-state index contributed by atoms with van der Waals surface area (Å²) in [5.74, 6) is 0. The van der Waals surface area contributed by atoms with Crippen LogP contribution in [-0.4, -0.2) is 6.71 Å². The second kappa shape index (κ2) is 7.28. The minimum Gasteiger partial charge on any atom is -0.310 e. The van der Waals surface area contributed by atoms with Gasteiger partial charge in [-0.2, -0.15) is 10.5 Å². The van der Waals surface area contributed by atoms with E-state index in [2.05, 4.69) is 77.7 Å². The van der Waals surface area contributed by atoms with Gasteiger partial charge in [0.2, 0.25) is 6.71 Å². The summed E-state index contributed by atoms with van der Waals surface area (Å²) >= 11 is 0. The van der Waals surface area contributed by atoms with E-state index in [1.54, 1.807) is 6.07 Å². The van der Waals surface area contributed by atoms with Crippen molar-refractivity contribution in [3.8, 4) is 12.1 Å². The minimum atomic E-state index is 0.0968. The Balaban J connectivity index is 1.83. The Kier molecular flexibility index (Phi) is 4.32. The molecule has 5 rings (SSSR count). The SMILES string of the molecule is N#Cc1cccc(N2c3ccccc3B(c3ccccc3)c3ccccc32)c1C#N. The van der Waals surface area contributed by atoms with Crippen LogP contribution in [0.3, 0.4) is 0 Å². The fourth-order valence-corrected chi connectivity index (χ4v) is 4.37. The van der Waals surface area contributed by atoms with Gasteiger partial charge in [0.05, 0.1) is 16.8 Å². The topological polar surface area (TPSA) is 50.8 Å². The van der Waals surface area contributed by atoms with Crippen LogP contribution in [0.2, 0.25) is 0 Å². The molecule has 1 aliphatic rings. The molecule has 0 bridgehead atoms. The number of nitriles is 2. The average Bonchev–Trinajstić information content (AvgIpc) is 2.82. The van der Waals surface area contributed by atoms with Crippen molar-refractivity contribution < 1.29 is 0 Å². The van der Waals surface area contributed by atoms with Crippen molar-refractivity contribution in [2.45, 2.75) is 0 Å². The first-order valence-corrected chi connectivity index (χ1v) is 9.79. The van der Waals surface area contributed by atoms with Gasteiger partial charge in [-0.15, -0.1) is 0 Å². The Labute approximate surface area is 176 Å². The molecule has 0 saturated carbocycles. The lowest BCUT2D eigenvalue weighted by Gasteiger charge is -2.37. The van der Waals surface area contributed by atoms with Crippen LogP contribution in [0.25, 0.3) is 0 Å². The van der Waals surface area contributed by atoms with Crippen LogP contribution in [-0.2, 0) is 0 Å². The number of rotatable bonds is 2. The van der Waals surface area contributed by atoms with E-state index in [-0.39, 0.29) is 6.71 Å². The van der Waals surface area contributed by atoms with Gasteiger partial charge in [-0.25, -0.2) is 0 Å². The Morgan fingerprint density at radius 3 is 1.73 bits per heavy atom. The molecule has 1 heterocycles. The number of para-hydroxylation sites is 2. The lowest BCUT2D eigenvalue weighted by atomic mass is 9.35. The molecule has 0 N–H and O–H groups in total. The molecule has 0 saturated heterocycles. The van der Waals surface area contributed by atoms with Gasteiger partial charge in [-0.3, -0.25) is 0 Å². The zero-order chi connectivity index (χ0) is 20.5. The van der Waals surface area contributed by atoms with Gasteiger partial charge in [-0.1, -0.05) is 78.3 Å². The number of fused-ring (bicyclic) bond motifs is 2. The number of benzene rings is 4. The summed E-state index contributed by atoms with van der Waals surface area (Å²) in [6.07, 6.45) is 0. The molecule has 0 fully saturated rings. The largest absolute Gasteiger partial charge is 0.310 e. The van der Waals surface area contributed by atoms with E-state index in [0.29, 0.717) is 11.1 Å². The fourth-order valence-electron chi connectivity index (χ4n) is 4.37. The zero-order valence-electron chi connectivity index (χ0n) is 16.2. The molecule has 0 radical (unpaired) electrons. The molecule has 4 aromatic rings. The van der Waals surface area contributed by atoms with Crippen LogP contribution >= 0.6 is 0 Å². The molecule has 3 nitrogen and oxygen atoms in total. The Morgan fingerprint density at radius 1 is 0.567 bits per heavy atom. The molecule has 0 spiro atoms. The van der Waals surface area contributed by atoms with E-state index in [0.717, 1.165) is 17.1 Å². The molecule has 1 aliphatic heterocycles. The van der Waals surface area contributed by atoms with Crippen LogP contribution < -0.4 is 21.3 Å². The molecule has 0 aliphatic carbocycles. The minimum absolute atomic E-state index is 0.0968. The summed E-state index contributed by atoms with van der Waals surface area (Å²) in [5, 5.41) is 19.4. The molecule has 0 aromatic heterocycles. The van der Waals surface area contributed by atoms with Crippen LogP contribution in [0, 0.1) is 22.7 Å². The normalized spacial score (nSPS) is 11.8. The van der Waals surface area contributed by atoms with Gasteiger partial charge in [0, 0.05) is 11.4 Å². The average molecular weight is 381 g/mol. The van der Waals surface area contributed by atoms with Crippen molar-refractivity contribution in [3.05, 3.63) is 108 Å². The smallest absolute Gasteiger partial charge is 0.246 e. The standard InChI is InChI=1S/C26H16BN3/c28-17-19-9-8-16-24(21(19)18-29)30-25-14-6-4-12-22(25)27(20-10-2-1-3-11-20)23-13-5-7-15-26(23)30/h1-16H. The van der Waals surface area contributed by atoms with Gasteiger partial charge < -0.3 is 4.90 Å². The van der Waals surface area contributed by atoms with Crippen LogP contribution in [0.5, 0.6) is 0 Å². The van der Waals surface area contributed by atoms with Crippen molar-refractivity contribution in [1.82, 2.24) is 0 Å². The molecular formula is C26H16BN3. The predicted molar refractivity (Wildman–Crippen MR) is 122 cm³/mol. The highest BCUT2D eigenvalue weighted by atomic mass is 15.2. The van der Waals surface area contributed by atoms with Gasteiger partial charge >= 0.3 is 0 Å². The quantitative estimate of drug-likeness (QED) is 0.438. The van der Waals surface area contributed by atoms with Crippen LogP contribution in [0.4, 0.5) is 17.1 Å². The lowest BCUT2D eigenvalue weighted by Crippen LogP contribution is -2.57. The Bertz CT molecular complexity index is 1280. The molecule has 0 unspecified atom stereocenters. The maximum atomic E-state index is 9.86. The summed E-state index contributed by atoms with van der Waals surface area (Å²) in [4.78, 5) is 2.11. The highest BCUT2D eigenvalue weighted by Crippen LogP contribution is 2.38. The third-order valence-electron chi connectivity index (χ3n) is 5.63. The van der Waals surface area contributed by atoms with Gasteiger partial charge in [0.1, 0.15) is 12.1 Å². The highest BCUT2D eigenvalue weighted by molar-refractivity contribution is 6.98. The third-order valence-corrected chi connectivity index (χ3v) is 5.63. The second-order valence-corrected chi connectivity index (χ2v) is 7.22. The van der Waals surface area contributed by atoms with Crippen LogP contribution in [0.15, 0.2) is 97.1 Å². The summed E-state index contributed by atoms with van der Waals surface area (Å²) in [5.41, 5.74) is 7.12. The van der Waals surface area contributed by atoms with Gasteiger partial charge in [-0.05, 0) is 35.2 Å². The highest BCUT2D eigenvalue weighted by Gasteiger charge is 2.35. The Hall–Kier alpha value is -4.28. The number of hydrogen-bond acceptors (Lipinski definition) is 3. The molecule has 0 amide bonds. The first-order valence-electron chi connectivity index (χ1n) is 9.79. The molecule has 0 atom stereocenters. The maximum absolute atomic E-state index is 9.86. The second-order valence-electron chi connectivity index (χ2n) is 7.22. The number of anilines is 3. The molecule has 4 heteroatoms. The monoisotopic (exact) mass is 381 g/mol. The zero-order valence-corrected chi connectivity index (χ0v) is 16.2. The predicted octanol–water partition coefficient (Wildman–Crippen LogP) is 3.73. The molecule has 30 heavy (non-hydrogen) atoms. The van der Waals surface area contributed by atoms with Crippen molar-refractivity contribution in [3.63, 3.8) is 0 Å². The van der Waals surface area contributed by atoms with E-state index < -0.39 is 0 Å². The number of hydrogen-bond donors (Lipinski definition) is 0. The van der Waals surface area contributed by atoms with E-state index >= 15 is 0 Å². The molecule has 138 valence electrons. The van der Waals surface area contributed by atoms with E-state index in [1.807, 2.05) is 30.3 Å². The van der Waals surface area contributed by atoms with Crippen molar-refractivity contribution in [2.24, 2.45) is 0 Å². The third kappa shape index (κ3) is 2.67.